The van der Waals surface area contributed by atoms with E-state index in [0.29, 0.717) is 12.5 Å². The molecule has 0 aliphatic carbocycles. The summed E-state index contributed by atoms with van der Waals surface area (Å²) in [6, 6.07) is 18.9. The third kappa shape index (κ3) is 5.22. The molecule has 3 N–H and O–H groups in total. The van der Waals surface area contributed by atoms with Crippen LogP contribution in [0.5, 0.6) is 0 Å². The fraction of sp³-hybridized carbons (Fsp3) is 0.400. The number of fused-ring (bicyclic) bond motifs is 1. The maximum absolute atomic E-state index is 12.3. The predicted octanol–water partition coefficient (Wildman–Crippen LogP) is 4.23. The van der Waals surface area contributed by atoms with Crippen LogP contribution in [0.3, 0.4) is 0 Å². The number of nitrogens with one attached hydrogen (secondary N) is 3. The second-order valence-corrected chi connectivity index (χ2v) is 8.39. The first kappa shape index (κ1) is 20.5. The summed E-state index contributed by atoms with van der Waals surface area (Å²) in [6.07, 6.45) is 3.21. The average Bonchev–Trinajstić information content (AvgIpc) is 3.08. The number of carbonyl (C=O) groups is 1. The van der Waals surface area contributed by atoms with Gasteiger partial charge < -0.3 is 15.6 Å². The molecule has 5 nitrogen and oxygen atoms in total. The molecule has 0 spiro atoms. The van der Waals surface area contributed by atoms with Crippen molar-refractivity contribution in [3.05, 3.63) is 71.4 Å². The number of likely N-dealkylation sites (tertiary alicyclic amines) is 1. The maximum atomic E-state index is 12.3. The van der Waals surface area contributed by atoms with Crippen molar-refractivity contribution in [3.63, 3.8) is 0 Å². The quantitative estimate of drug-likeness (QED) is 0.552. The number of piperidine rings is 1. The number of hydrogen-bond acceptors (Lipinski definition) is 2. The molecule has 1 fully saturated rings. The Morgan fingerprint density at radius 2 is 1.90 bits per heavy atom. The molecule has 0 saturated carbocycles. The number of benzene rings is 2. The molecule has 1 aliphatic heterocycles. The molecule has 2 aromatic carbocycles. The van der Waals surface area contributed by atoms with Crippen molar-refractivity contribution in [2.75, 3.05) is 26.2 Å². The molecule has 30 heavy (non-hydrogen) atoms. The lowest BCUT2D eigenvalue weighted by atomic mass is 9.97. The van der Waals surface area contributed by atoms with Gasteiger partial charge in [0, 0.05) is 42.8 Å². The van der Waals surface area contributed by atoms with Gasteiger partial charge in [0.05, 0.1) is 0 Å². The summed E-state index contributed by atoms with van der Waals surface area (Å²) in [7, 11) is 0. The molecule has 0 bridgehead atoms. The number of para-hydroxylation sites is 1. The Kier molecular flexibility index (Phi) is 6.70. The molecule has 1 aliphatic rings. The van der Waals surface area contributed by atoms with Gasteiger partial charge in [-0.3, -0.25) is 4.90 Å². The number of H-pyrrole nitrogens is 1. The highest BCUT2D eigenvalue weighted by Gasteiger charge is 2.20. The van der Waals surface area contributed by atoms with Gasteiger partial charge in [-0.25, -0.2) is 4.79 Å². The van der Waals surface area contributed by atoms with Gasteiger partial charge >= 0.3 is 6.03 Å². The van der Waals surface area contributed by atoms with Crippen LogP contribution in [0.1, 0.15) is 29.7 Å². The van der Waals surface area contributed by atoms with Crippen LogP contribution in [-0.4, -0.2) is 42.1 Å². The number of aromatic amines is 1. The van der Waals surface area contributed by atoms with Crippen LogP contribution in [0, 0.1) is 12.8 Å². The molecular weight excluding hydrogens is 372 g/mol. The Labute approximate surface area is 178 Å². The third-order valence-electron chi connectivity index (χ3n) is 6.09. The van der Waals surface area contributed by atoms with Crippen LogP contribution in [0.25, 0.3) is 10.9 Å². The second-order valence-electron chi connectivity index (χ2n) is 8.39. The summed E-state index contributed by atoms with van der Waals surface area (Å²) in [6.45, 7) is 6.65. The highest BCUT2D eigenvalue weighted by Crippen LogP contribution is 2.22. The highest BCUT2D eigenvalue weighted by molar-refractivity contribution is 5.84. The standard InChI is InChI=1S/C25H32N4O/c1-19-22(23-11-5-6-12-24(23)28-19)13-14-26-25(30)27-16-21-10-7-15-29(18-21)17-20-8-3-2-4-9-20/h2-6,8-9,11-12,21,28H,7,10,13-18H2,1H3,(H2,26,27,30). The first-order valence-corrected chi connectivity index (χ1v) is 11.0. The zero-order chi connectivity index (χ0) is 20.8. The molecular formula is C25H32N4O. The molecule has 0 radical (unpaired) electrons. The second kappa shape index (κ2) is 9.81. The summed E-state index contributed by atoms with van der Waals surface area (Å²) in [5, 5.41) is 7.36. The largest absolute Gasteiger partial charge is 0.358 e. The van der Waals surface area contributed by atoms with Crippen molar-refractivity contribution in [1.29, 1.82) is 0 Å². The maximum Gasteiger partial charge on any atom is 0.314 e. The lowest BCUT2D eigenvalue weighted by molar-refractivity contribution is 0.165. The summed E-state index contributed by atoms with van der Waals surface area (Å²) in [5.74, 6) is 0.518. The topological polar surface area (TPSA) is 60.2 Å². The van der Waals surface area contributed by atoms with Crippen molar-refractivity contribution in [1.82, 2.24) is 20.5 Å². The molecule has 4 rings (SSSR count). The Morgan fingerprint density at radius 3 is 2.77 bits per heavy atom. The van der Waals surface area contributed by atoms with Gasteiger partial charge in [-0.1, -0.05) is 48.5 Å². The first-order valence-electron chi connectivity index (χ1n) is 11.0. The van der Waals surface area contributed by atoms with Gasteiger partial charge in [0.25, 0.3) is 0 Å². The molecule has 1 atom stereocenters. The zero-order valence-corrected chi connectivity index (χ0v) is 17.8. The lowest BCUT2D eigenvalue weighted by Crippen LogP contribution is -2.43. The molecule has 5 heteroatoms. The Balaban J connectivity index is 1.19. The zero-order valence-electron chi connectivity index (χ0n) is 17.8. The summed E-state index contributed by atoms with van der Waals surface area (Å²) in [4.78, 5) is 18.2. The minimum absolute atomic E-state index is 0.0623. The van der Waals surface area contributed by atoms with Crippen molar-refractivity contribution >= 4 is 16.9 Å². The first-order chi connectivity index (χ1) is 14.7. The third-order valence-corrected chi connectivity index (χ3v) is 6.09. The van der Waals surface area contributed by atoms with Crippen LogP contribution in [0.15, 0.2) is 54.6 Å². The van der Waals surface area contributed by atoms with E-state index in [1.54, 1.807) is 0 Å². The van der Waals surface area contributed by atoms with Gasteiger partial charge in [0.15, 0.2) is 0 Å². The Hall–Kier alpha value is -2.79. The van der Waals surface area contributed by atoms with E-state index in [-0.39, 0.29) is 6.03 Å². The van der Waals surface area contributed by atoms with Crippen LogP contribution >= 0.6 is 0 Å². The van der Waals surface area contributed by atoms with Crippen LogP contribution < -0.4 is 10.6 Å². The minimum atomic E-state index is -0.0623. The molecule has 1 saturated heterocycles. The van der Waals surface area contributed by atoms with Crippen LogP contribution in [0.4, 0.5) is 4.79 Å². The molecule has 1 unspecified atom stereocenters. The summed E-state index contributed by atoms with van der Waals surface area (Å²) < 4.78 is 0. The number of aromatic nitrogens is 1. The molecule has 2 heterocycles. The molecule has 1 aromatic heterocycles. The van der Waals surface area contributed by atoms with Gasteiger partial charge in [0.2, 0.25) is 0 Å². The lowest BCUT2D eigenvalue weighted by Gasteiger charge is -2.32. The van der Waals surface area contributed by atoms with Crippen molar-refractivity contribution in [2.45, 2.75) is 32.7 Å². The van der Waals surface area contributed by atoms with E-state index in [4.69, 9.17) is 0 Å². The van der Waals surface area contributed by atoms with Crippen LogP contribution in [-0.2, 0) is 13.0 Å². The summed E-state index contributed by atoms with van der Waals surface area (Å²) >= 11 is 0. The van der Waals surface area contributed by atoms with Crippen LogP contribution in [0.2, 0.25) is 0 Å². The van der Waals surface area contributed by atoms with E-state index in [9.17, 15) is 4.79 Å². The van der Waals surface area contributed by atoms with Gasteiger partial charge in [-0.15, -0.1) is 0 Å². The molecule has 3 aromatic rings. The monoisotopic (exact) mass is 404 g/mol. The van der Waals surface area contributed by atoms with Gasteiger partial charge in [0.1, 0.15) is 0 Å². The van der Waals surface area contributed by atoms with E-state index >= 15 is 0 Å². The predicted molar refractivity (Wildman–Crippen MR) is 123 cm³/mol. The number of urea groups is 1. The van der Waals surface area contributed by atoms with Gasteiger partial charge in [-0.2, -0.15) is 0 Å². The van der Waals surface area contributed by atoms with Crippen molar-refractivity contribution in [3.8, 4) is 0 Å². The van der Waals surface area contributed by atoms with E-state index in [1.807, 2.05) is 6.07 Å². The Morgan fingerprint density at radius 1 is 1.10 bits per heavy atom. The Bertz CT molecular complexity index is 966. The molecule has 158 valence electrons. The number of hydrogen-bond donors (Lipinski definition) is 3. The molecule has 2 amide bonds. The van der Waals surface area contributed by atoms with E-state index in [2.05, 4.69) is 76.0 Å². The fourth-order valence-corrected chi connectivity index (χ4v) is 4.56. The fourth-order valence-electron chi connectivity index (χ4n) is 4.56. The van der Waals surface area contributed by atoms with Gasteiger partial charge in [-0.05, 0) is 55.8 Å². The van der Waals surface area contributed by atoms with E-state index in [1.165, 1.54) is 35.0 Å². The highest BCUT2D eigenvalue weighted by atomic mass is 16.2. The number of nitrogens with zero attached hydrogens (tertiary/aromatic N) is 1. The van der Waals surface area contributed by atoms with E-state index < -0.39 is 0 Å². The SMILES string of the molecule is Cc1[nH]c2ccccc2c1CCNC(=O)NCC1CCCN(Cc2ccccc2)C1. The summed E-state index contributed by atoms with van der Waals surface area (Å²) in [5.41, 5.74) is 4.98. The number of aryl methyl sites for hydroxylation is 1. The number of amides is 2. The average molecular weight is 405 g/mol. The smallest absolute Gasteiger partial charge is 0.314 e. The normalized spacial score (nSPS) is 17.2. The minimum Gasteiger partial charge on any atom is -0.358 e. The number of rotatable bonds is 7. The van der Waals surface area contributed by atoms with E-state index in [0.717, 1.165) is 38.1 Å². The number of carbonyl (C=O) groups excluding carboxylic acids is 1. The van der Waals surface area contributed by atoms with Crippen molar-refractivity contribution < 1.29 is 4.79 Å². The van der Waals surface area contributed by atoms with Crippen molar-refractivity contribution in [2.24, 2.45) is 5.92 Å².